The molecule has 1 rings (SSSR count). The van der Waals surface area contributed by atoms with Gasteiger partial charge in [0.05, 0.1) is 4.34 Å². The van der Waals surface area contributed by atoms with Gasteiger partial charge in [-0.05, 0) is 36.9 Å². The van der Waals surface area contributed by atoms with Crippen LogP contribution >= 0.6 is 22.9 Å². The van der Waals surface area contributed by atoms with E-state index < -0.39 is 0 Å². The molecular weight excluding hydrogens is 238 g/mol. The molecule has 0 radical (unpaired) electrons. The number of hydrogen-bond acceptors (Lipinski definition) is 2. The molecule has 0 bridgehead atoms. The van der Waals surface area contributed by atoms with Crippen LogP contribution in [0.5, 0.6) is 0 Å². The second kappa shape index (κ2) is 6.04. The molecule has 0 amide bonds. The van der Waals surface area contributed by atoms with Crippen LogP contribution in [0.3, 0.4) is 0 Å². The van der Waals surface area contributed by atoms with Crippen LogP contribution in [0.4, 0.5) is 0 Å². The third-order valence-corrected chi connectivity index (χ3v) is 4.59. The second-order valence-corrected chi connectivity index (χ2v) is 6.66. The van der Waals surface area contributed by atoms with Gasteiger partial charge in [-0.3, -0.25) is 0 Å². The Morgan fingerprint density at radius 3 is 2.50 bits per heavy atom. The van der Waals surface area contributed by atoms with E-state index in [0.29, 0.717) is 11.5 Å². The van der Waals surface area contributed by atoms with Crippen LogP contribution < -0.4 is 5.32 Å². The molecule has 0 aromatic carbocycles. The Balaban J connectivity index is 2.71. The summed E-state index contributed by atoms with van der Waals surface area (Å²) in [6.45, 7) is 10.1. The van der Waals surface area contributed by atoms with E-state index in [-0.39, 0.29) is 0 Å². The first-order chi connectivity index (χ1) is 7.49. The highest BCUT2D eigenvalue weighted by atomic mass is 35.5. The fraction of sp³-hybridized carbons (Fsp3) is 0.692. The van der Waals surface area contributed by atoms with E-state index in [1.54, 1.807) is 11.3 Å². The summed E-state index contributed by atoms with van der Waals surface area (Å²) in [4.78, 5) is 1.37. The minimum atomic E-state index is 0.326. The first-order valence-electron chi connectivity index (χ1n) is 5.97. The van der Waals surface area contributed by atoms with Crippen molar-refractivity contribution in [3.63, 3.8) is 0 Å². The van der Waals surface area contributed by atoms with E-state index in [1.807, 2.05) is 6.07 Å². The SMILES string of the molecule is CCNC(Cc1ccc(Cl)s1)C(C)(C)CC. The molecule has 0 spiro atoms. The van der Waals surface area contributed by atoms with Gasteiger partial charge in [0.2, 0.25) is 0 Å². The lowest BCUT2D eigenvalue weighted by molar-refractivity contribution is 0.233. The maximum atomic E-state index is 5.97. The molecule has 0 aliphatic heterocycles. The molecule has 1 unspecified atom stereocenters. The Kier molecular flexibility index (Phi) is 5.29. The summed E-state index contributed by atoms with van der Waals surface area (Å²) in [5.74, 6) is 0. The summed E-state index contributed by atoms with van der Waals surface area (Å²) in [5.41, 5.74) is 0.326. The van der Waals surface area contributed by atoms with Gasteiger partial charge in [-0.2, -0.15) is 0 Å². The molecule has 1 N–H and O–H groups in total. The largest absolute Gasteiger partial charge is 0.313 e. The van der Waals surface area contributed by atoms with Gasteiger partial charge < -0.3 is 5.32 Å². The number of thiophene rings is 1. The number of likely N-dealkylation sites (N-methyl/N-ethyl adjacent to an activating group) is 1. The summed E-state index contributed by atoms with van der Waals surface area (Å²) in [7, 11) is 0. The fourth-order valence-corrected chi connectivity index (χ4v) is 2.91. The maximum Gasteiger partial charge on any atom is 0.0931 e. The highest BCUT2D eigenvalue weighted by molar-refractivity contribution is 7.16. The minimum Gasteiger partial charge on any atom is -0.313 e. The number of rotatable bonds is 6. The van der Waals surface area contributed by atoms with Crippen molar-refractivity contribution in [2.75, 3.05) is 6.54 Å². The molecule has 0 aliphatic carbocycles. The first-order valence-corrected chi connectivity index (χ1v) is 7.16. The first kappa shape index (κ1) is 14.0. The van der Waals surface area contributed by atoms with Gasteiger partial charge in [-0.15, -0.1) is 11.3 Å². The van der Waals surface area contributed by atoms with Crippen LogP contribution in [-0.4, -0.2) is 12.6 Å². The van der Waals surface area contributed by atoms with Crippen LogP contribution in [0.25, 0.3) is 0 Å². The van der Waals surface area contributed by atoms with Crippen molar-refractivity contribution >= 4 is 22.9 Å². The summed E-state index contributed by atoms with van der Waals surface area (Å²) in [6, 6.07) is 4.66. The Bertz CT molecular complexity index is 319. The Morgan fingerprint density at radius 1 is 1.38 bits per heavy atom. The zero-order chi connectivity index (χ0) is 12.2. The lowest BCUT2D eigenvalue weighted by atomic mass is 9.80. The maximum absolute atomic E-state index is 5.97. The molecule has 0 aliphatic rings. The Morgan fingerprint density at radius 2 is 2.06 bits per heavy atom. The molecule has 0 saturated carbocycles. The molecule has 16 heavy (non-hydrogen) atoms. The van der Waals surface area contributed by atoms with Crippen LogP contribution in [0.1, 0.15) is 39.0 Å². The summed E-state index contributed by atoms with van der Waals surface area (Å²) in [6.07, 6.45) is 2.26. The van der Waals surface area contributed by atoms with Crippen molar-refractivity contribution in [1.29, 1.82) is 0 Å². The Hall–Kier alpha value is -0.0500. The predicted molar refractivity (Wildman–Crippen MR) is 74.6 cm³/mol. The van der Waals surface area contributed by atoms with Gasteiger partial charge in [0, 0.05) is 10.9 Å². The lowest BCUT2D eigenvalue weighted by Crippen LogP contribution is -2.43. The normalized spacial score (nSPS) is 14.1. The summed E-state index contributed by atoms with van der Waals surface area (Å²) >= 11 is 7.66. The van der Waals surface area contributed by atoms with Crippen LogP contribution in [0.2, 0.25) is 4.34 Å². The van der Waals surface area contributed by atoms with E-state index >= 15 is 0 Å². The molecule has 0 saturated heterocycles. The third kappa shape index (κ3) is 3.76. The van der Waals surface area contributed by atoms with Crippen LogP contribution in [0.15, 0.2) is 12.1 Å². The van der Waals surface area contributed by atoms with E-state index in [0.717, 1.165) is 17.3 Å². The topological polar surface area (TPSA) is 12.0 Å². The zero-order valence-corrected chi connectivity index (χ0v) is 12.2. The summed E-state index contributed by atoms with van der Waals surface area (Å²) < 4.78 is 0.888. The molecule has 0 fully saturated rings. The van der Waals surface area contributed by atoms with Gasteiger partial charge in [0.1, 0.15) is 0 Å². The van der Waals surface area contributed by atoms with Crippen molar-refractivity contribution in [2.45, 2.75) is 46.6 Å². The molecule has 1 nitrogen and oxygen atoms in total. The van der Waals surface area contributed by atoms with E-state index in [9.17, 15) is 0 Å². The smallest absolute Gasteiger partial charge is 0.0931 e. The van der Waals surface area contributed by atoms with Gasteiger partial charge in [-0.25, -0.2) is 0 Å². The molecule has 92 valence electrons. The van der Waals surface area contributed by atoms with E-state index in [2.05, 4.69) is 39.1 Å². The molecule has 1 atom stereocenters. The van der Waals surface area contributed by atoms with Crippen LogP contribution in [-0.2, 0) is 6.42 Å². The molecule has 3 heteroatoms. The van der Waals surface area contributed by atoms with Gasteiger partial charge >= 0.3 is 0 Å². The van der Waals surface area contributed by atoms with Gasteiger partial charge in [0.25, 0.3) is 0 Å². The van der Waals surface area contributed by atoms with Crippen molar-refractivity contribution in [1.82, 2.24) is 5.32 Å². The molecule has 1 aromatic rings. The monoisotopic (exact) mass is 259 g/mol. The highest BCUT2D eigenvalue weighted by Gasteiger charge is 2.27. The van der Waals surface area contributed by atoms with Crippen molar-refractivity contribution in [2.24, 2.45) is 5.41 Å². The lowest BCUT2D eigenvalue weighted by Gasteiger charge is -2.34. The number of hydrogen-bond donors (Lipinski definition) is 1. The number of halogens is 1. The quantitative estimate of drug-likeness (QED) is 0.801. The van der Waals surface area contributed by atoms with Crippen molar-refractivity contribution in [3.05, 3.63) is 21.3 Å². The minimum absolute atomic E-state index is 0.326. The fourth-order valence-electron chi connectivity index (χ4n) is 1.78. The van der Waals surface area contributed by atoms with Gasteiger partial charge in [0.15, 0.2) is 0 Å². The average molecular weight is 260 g/mol. The average Bonchev–Trinajstić information content (AvgIpc) is 2.63. The van der Waals surface area contributed by atoms with E-state index in [4.69, 9.17) is 11.6 Å². The Labute approximate surface area is 108 Å². The standard InChI is InChI=1S/C13H22ClNS/c1-5-13(3,4)11(15-6-2)9-10-7-8-12(14)16-10/h7-8,11,15H,5-6,9H2,1-4H3. The molecule has 1 aromatic heterocycles. The number of nitrogens with one attached hydrogen (secondary N) is 1. The third-order valence-electron chi connectivity index (χ3n) is 3.34. The molecular formula is C13H22ClNS. The van der Waals surface area contributed by atoms with Gasteiger partial charge in [-0.1, -0.05) is 39.3 Å². The van der Waals surface area contributed by atoms with Crippen LogP contribution in [0, 0.1) is 5.41 Å². The van der Waals surface area contributed by atoms with Crippen molar-refractivity contribution in [3.8, 4) is 0 Å². The predicted octanol–water partition coefficient (Wildman–Crippen LogP) is 4.36. The summed E-state index contributed by atoms with van der Waals surface area (Å²) in [5, 5.41) is 3.60. The molecule has 1 heterocycles. The second-order valence-electron chi connectivity index (χ2n) is 4.86. The highest BCUT2D eigenvalue weighted by Crippen LogP contribution is 2.30. The van der Waals surface area contributed by atoms with E-state index in [1.165, 1.54) is 11.3 Å². The zero-order valence-electron chi connectivity index (χ0n) is 10.6. The van der Waals surface area contributed by atoms with Crippen molar-refractivity contribution < 1.29 is 0 Å².